The molecule has 0 aliphatic heterocycles. The van der Waals surface area contributed by atoms with Crippen molar-refractivity contribution in [1.29, 1.82) is 0 Å². The predicted molar refractivity (Wildman–Crippen MR) is 75.4 cm³/mol. The quantitative estimate of drug-likeness (QED) is 0.839. The van der Waals surface area contributed by atoms with Crippen LogP contribution in [0.4, 0.5) is 0 Å². The van der Waals surface area contributed by atoms with Crippen molar-refractivity contribution >= 4 is 0 Å². The molecule has 0 atom stereocenters. The van der Waals surface area contributed by atoms with E-state index in [-0.39, 0.29) is 5.60 Å². The van der Waals surface area contributed by atoms with Crippen LogP contribution in [0, 0.1) is 0 Å². The summed E-state index contributed by atoms with van der Waals surface area (Å²) in [6, 6.07) is 10.3. The first-order valence-corrected chi connectivity index (χ1v) is 6.49. The molecule has 0 aliphatic rings. The molecule has 0 amide bonds. The van der Waals surface area contributed by atoms with E-state index in [0.29, 0.717) is 6.54 Å². The van der Waals surface area contributed by atoms with E-state index in [9.17, 15) is 0 Å². The summed E-state index contributed by atoms with van der Waals surface area (Å²) in [6.45, 7) is 7.49. The van der Waals surface area contributed by atoms with Crippen LogP contribution in [-0.4, -0.2) is 15.4 Å². The fourth-order valence-corrected chi connectivity index (χ4v) is 1.69. The summed E-state index contributed by atoms with van der Waals surface area (Å²) < 4.78 is 1.93. The lowest BCUT2D eigenvalue weighted by Gasteiger charge is -2.18. The first-order chi connectivity index (χ1) is 9.03. The standard InChI is InChI=1S/C15H21N3O/c1-15(2,3)19-17-10-14-9-16-18(12-14)11-13-7-5-4-6-8-13/h4-9,12,17H,10-11H2,1-3H3. The first-order valence-electron chi connectivity index (χ1n) is 6.49. The lowest BCUT2D eigenvalue weighted by molar-refractivity contribution is -0.0757. The van der Waals surface area contributed by atoms with E-state index in [2.05, 4.69) is 22.7 Å². The van der Waals surface area contributed by atoms with E-state index >= 15 is 0 Å². The minimum atomic E-state index is -0.181. The molecule has 19 heavy (non-hydrogen) atoms. The molecule has 4 nitrogen and oxygen atoms in total. The monoisotopic (exact) mass is 259 g/mol. The van der Waals surface area contributed by atoms with Crippen LogP contribution in [0.25, 0.3) is 0 Å². The van der Waals surface area contributed by atoms with E-state index in [4.69, 9.17) is 4.84 Å². The molecule has 1 aromatic heterocycles. The van der Waals surface area contributed by atoms with Crippen molar-refractivity contribution in [2.75, 3.05) is 0 Å². The Labute approximate surface area is 114 Å². The van der Waals surface area contributed by atoms with Gasteiger partial charge in [-0.05, 0) is 26.3 Å². The molecule has 0 saturated carbocycles. The van der Waals surface area contributed by atoms with Crippen LogP contribution in [0.1, 0.15) is 31.9 Å². The van der Waals surface area contributed by atoms with Gasteiger partial charge in [-0.25, -0.2) is 0 Å². The topological polar surface area (TPSA) is 39.1 Å². The maximum absolute atomic E-state index is 5.47. The maximum Gasteiger partial charge on any atom is 0.0813 e. The van der Waals surface area contributed by atoms with Gasteiger partial charge in [-0.1, -0.05) is 30.3 Å². The Morgan fingerprint density at radius 1 is 1.16 bits per heavy atom. The van der Waals surface area contributed by atoms with Gasteiger partial charge in [-0.3, -0.25) is 9.52 Å². The second kappa shape index (κ2) is 5.99. The van der Waals surface area contributed by atoms with Crippen molar-refractivity contribution in [2.24, 2.45) is 0 Å². The molecule has 0 radical (unpaired) electrons. The summed E-state index contributed by atoms with van der Waals surface area (Å²) in [4.78, 5) is 5.47. The van der Waals surface area contributed by atoms with Gasteiger partial charge in [0.25, 0.3) is 0 Å². The van der Waals surface area contributed by atoms with E-state index in [0.717, 1.165) is 12.1 Å². The highest BCUT2D eigenvalue weighted by molar-refractivity contribution is 5.15. The number of hydrogen-bond acceptors (Lipinski definition) is 3. The largest absolute Gasteiger partial charge is 0.296 e. The Kier molecular flexibility index (Phi) is 4.35. The first kappa shape index (κ1) is 13.8. The molecule has 1 heterocycles. The molecule has 0 unspecified atom stereocenters. The molecule has 4 heteroatoms. The van der Waals surface area contributed by atoms with Gasteiger partial charge in [0.2, 0.25) is 0 Å². The number of hydroxylamine groups is 1. The lowest BCUT2D eigenvalue weighted by atomic mass is 10.2. The average molecular weight is 259 g/mol. The summed E-state index contributed by atoms with van der Waals surface area (Å²) in [5, 5.41) is 4.35. The van der Waals surface area contributed by atoms with Gasteiger partial charge in [0.05, 0.1) is 18.3 Å². The van der Waals surface area contributed by atoms with E-state index in [1.807, 2.05) is 56.0 Å². The molecule has 0 spiro atoms. The Bertz CT molecular complexity index is 500. The van der Waals surface area contributed by atoms with Crippen LogP contribution in [0.3, 0.4) is 0 Å². The number of hydrogen-bond donors (Lipinski definition) is 1. The number of aromatic nitrogens is 2. The fourth-order valence-electron chi connectivity index (χ4n) is 1.69. The lowest BCUT2D eigenvalue weighted by Crippen LogP contribution is -2.28. The number of benzene rings is 1. The Morgan fingerprint density at radius 3 is 2.58 bits per heavy atom. The molecule has 0 saturated heterocycles. The van der Waals surface area contributed by atoms with Crippen LogP contribution in [0.5, 0.6) is 0 Å². The molecular formula is C15H21N3O. The van der Waals surface area contributed by atoms with Gasteiger partial charge < -0.3 is 0 Å². The third-order valence-electron chi connectivity index (χ3n) is 2.53. The van der Waals surface area contributed by atoms with Gasteiger partial charge in [-0.15, -0.1) is 0 Å². The predicted octanol–water partition coefficient (Wildman–Crippen LogP) is 2.75. The number of rotatable bonds is 5. The zero-order valence-electron chi connectivity index (χ0n) is 11.8. The highest BCUT2D eigenvalue weighted by atomic mass is 16.7. The molecule has 1 aromatic carbocycles. The minimum Gasteiger partial charge on any atom is -0.296 e. The second-order valence-electron chi connectivity index (χ2n) is 5.57. The van der Waals surface area contributed by atoms with Crippen molar-refractivity contribution in [3.63, 3.8) is 0 Å². The summed E-state index contributed by atoms with van der Waals surface area (Å²) in [5.74, 6) is 0. The SMILES string of the molecule is CC(C)(C)ONCc1cnn(Cc2ccccc2)c1. The van der Waals surface area contributed by atoms with Crippen LogP contribution >= 0.6 is 0 Å². The van der Waals surface area contributed by atoms with Crippen LogP contribution in [0.2, 0.25) is 0 Å². The summed E-state index contributed by atoms with van der Waals surface area (Å²) in [7, 11) is 0. The third kappa shape index (κ3) is 4.85. The van der Waals surface area contributed by atoms with E-state index in [1.54, 1.807) is 0 Å². The van der Waals surface area contributed by atoms with Gasteiger partial charge in [-0.2, -0.15) is 10.6 Å². The molecule has 102 valence electrons. The highest BCUT2D eigenvalue weighted by Crippen LogP contribution is 2.06. The molecule has 0 fully saturated rings. The maximum atomic E-state index is 5.47. The van der Waals surface area contributed by atoms with Gasteiger partial charge in [0.15, 0.2) is 0 Å². The molecule has 2 aromatic rings. The number of nitrogens with one attached hydrogen (secondary N) is 1. The van der Waals surface area contributed by atoms with Crippen LogP contribution in [-0.2, 0) is 17.9 Å². The Morgan fingerprint density at radius 2 is 1.89 bits per heavy atom. The fraction of sp³-hybridized carbons (Fsp3) is 0.400. The summed E-state index contributed by atoms with van der Waals surface area (Å²) >= 11 is 0. The van der Waals surface area contributed by atoms with Crippen LogP contribution in [0.15, 0.2) is 42.7 Å². The van der Waals surface area contributed by atoms with Gasteiger partial charge in [0.1, 0.15) is 0 Å². The zero-order valence-corrected chi connectivity index (χ0v) is 11.8. The molecule has 1 N–H and O–H groups in total. The van der Waals surface area contributed by atoms with Crippen molar-refractivity contribution < 1.29 is 4.84 Å². The molecule has 2 rings (SSSR count). The Balaban J connectivity index is 1.86. The third-order valence-corrected chi connectivity index (χ3v) is 2.53. The minimum absolute atomic E-state index is 0.181. The van der Waals surface area contributed by atoms with Crippen molar-refractivity contribution in [3.8, 4) is 0 Å². The van der Waals surface area contributed by atoms with Crippen LogP contribution < -0.4 is 5.48 Å². The van der Waals surface area contributed by atoms with Crippen molar-refractivity contribution in [2.45, 2.75) is 39.5 Å². The summed E-state index contributed by atoms with van der Waals surface area (Å²) in [6.07, 6.45) is 3.90. The second-order valence-corrected chi connectivity index (χ2v) is 5.57. The van der Waals surface area contributed by atoms with Crippen molar-refractivity contribution in [1.82, 2.24) is 15.3 Å². The van der Waals surface area contributed by atoms with Gasteiger partial charge in [0, 0.05) is 18.3 Å². The van der Waals surface area contributed by atoms with E-state index in [1.165, 1.54) is 5.56 Å². The zero-order chi connectivity index (χ0) is 13.7. The highest BCUT2D eigenvalue weighted by Gasteiger charge is 2.10. The normalized spacial score (nSPS) is 11.7. The van der Waals surface area contributed by atoms with Crippen molar-refractivity contribution in [3.05, 3.63) is 53.9 Å². The number of nitrogens with zero attached hydrogens (tertiary/aromatic N) is 2. The van der Waals surface area contributed by atoms with Gasteiger partial charge >= 0.3 is 0 Å². The van der Waals surface area contributed by atoms with E-state index < -0.39 is 0 Å². The molecular weight excluding hydrogens is 238 g/mol. The Hall–Kier alpha value is -1.65. The average Bonchev–Trinajstić information content (AvgIpc) is 2.76. The molecule has 0 bridgehead atoms. The smallest absolute Gasteiger partial charge is 0.0813 e. The summed E-state index contributed by atoms with van der Waals surface area (Å²) in [5.41, 5.74) is 5.14. The molecule has 0 aliphatic carbocycles.